The number of hydrogen-bond acceptors (Lipinski definition) is 4. The fraction of sp³-hybridized carbons (Fsp3) is 0.381. The van der Waals surface area contributed by atoms with E-state index in [0.29, 0.717) is 24.0 Å². The van der Waals surface area contributed by atoms with Gasteiger partial charge in [0.15, 0.2) is 0 Å². The Hall–Kier alpha value is -2.24. The quantitative estimate of drug-likeness (QED) is 0.319. The van der Waals surface area contributed by atoms with Crippen LogP contribution in [-0.4, -0.2) is 47.2 Å². The van der Waals surface area contributed by atoms with Crippen molar-refractivity contribution in [3.63, 3.8) is 0 Å². The molecule has 2 atom stereocenters. The predicted molar refractivity (Wildman–Crippen MR) is 112 cm³/mol. The van der Waals surface area contributed by atoms with Gasteiger partial charge in [-0.3, -0.25) is 0 Å². The zero-order valence-electron chi connectivity index (χ0n) is 16.1. The maximum atomic E-state index is 14.8. The molecule has 1 N–H and O–H groups in total. The van der Waals surface area contributed by atoms with Crippen LogP contribution in [0.2, 0.25) is 0 Å². The highest BCUT2D eigenvalue weighted by Gasteiger charge is 2.40. The van der Waals surface area contributed by atoms with Gasteiger partial charge in [0.05, 0.1) is 11.3 Å². The van der Waals surface area contributed by atoms with E-state index in [2.05, 4.69) is 41.3 Å². The van der Waals surface area contributed by atoms with Gasteiger partial charge in [0.25, 0.3) is 0 Å². The van der Waals surface area contributed by atoms with Crippen LogP contribution in [0.3, 0.4) is 0 Å². The molecule has 0 saturated carbocycles. The molecule has 154 valence electrons. The summed E-state index contributed by atoms with van der Waals surface area (Å²) in [6.07, 6.45) is -5.47. The number of nitrogens with zero attached hydrogens (tertiary/aromatic N) is 2. The molecule has 2 heterocycles. The Balaban J connectivity index is 2.15. The highest BCUT2D eigenvalue weighted by Crippen LogP contribution is 2.39. The molecule has 0 radical (unpaired) electrons. The van der Waals surface area contributed by atoms with E-state index in [9.17, 15) is 17.6 Å². The van der Waals surface area contributed by atoms with Crippen molar-refractivity contribution in [2.24, 2.45) is 0 Å². The first-order chi connectivity index (χ1) is 13.5. The van der Waals surface area contributed by atoms with Crippen molar-refractivity contribution >= 4 is 34.7 Å². The van der Waals surface area contributed by atoms with E-state index in [1.165, 1.54) is 6.07 Å². The number of allylic oxidation sites excluding steroid dienone is 1. The lowest BCUT2D eigenvalue weighted by molar-refractivity contribution is -0.0688. The van der Waals surface area contributed by atoms with E-state index >= 15 is 0 Å². The molecular weight excluding hydrogens is 402 g/mol. The van der Waals surface area contributed by atoms with E-state index in [0.717, 1.165) is 0 Å². The van der Waals surface area contributed by atoms with Crippen molar-refractivity contribution in [3.05, 3.63) is 42.2 Å². The molecule has 0 spiro atoms. The summed E-state index contributed by atoms with van der Waals surface area (Å²) in [5.74, 6) is 5.35. The molecule has 0 bridgehead atoms. The summed E-state index contributed by atoms with van der Waals surface area (Å²) in [6, 6.07) is 6.43. The normalized spacial score (nSPS) is 22.8. The van der Waals surface area contributed by atoms with E-state index in [-0.39, 0.29) is 23.3 Å². The number of fused-ring (bicyclic) bond motifs is 1. The average Bonchev–Trinajstić information content (AvgIpc) is 2.64. The van der Waals surface area contributed by atoms with Gasteiger partial charge in [-0.15, -0.1) is 12.6 Å². The Morgan fingerprint density at radius 3 is 2.72 bits per heavy atom. The summed E-state index contributed by atoms with van der Waals surface area (Å²) >= 11 is 4.55. The van der Waals surface area contributed by atoms with Gasteiger partial charge in [-0.05, 0) is 38.4 Å². The van der Waals surface area contributed by atoms with Crippen LogP contribution in [0.4, 0.5) is 23.2 Å². The average molecular weight is 423 g/mol. The number of rotatable bonds is 3. The third-order valence-electron chi connectivity index (χ3n) is 4.97. The smallest absolute Gasteiger partial charge is 0.368 e. The van der Waals surface area contributed by atoms with Gasteiger partial charge in [-0.2, -0.15) is 13.2 Å². The molecular formula is C21H21F4N3S. The van der Waals surface area contributed by atoms with Crippen LogP contribution in [0.25, 0.3) is 16.3 Å². The van der Waals surface area contributed by atoms with E-state index in [1.807, 2.05) is 11.9 Å². The standard InChI is InChI=1S/C21H21F4N3S/c1-4-6-14-11-16-15(19(26-14)13(2)21(23,24)25)7-5-8-17(16)27-20(29)9-10-28(3)12-18(20)22/h5,7-8,11,18,27,29H,2,9-10,12H2,1,3H3/t18-,20+/m0/s1. The van der Waals surface area contributed by atoms with Crippen LogP contribution < -0.4 is 5.32 Å². The Morgan fingerprint density at radius 1 is 1.38 bits per heavy atom. The molecule has 1 fully saturated rings. The highest BCUT2D eigenvalue weighted by molar-refractivity contribution is 7.82. The summed E-state index contributed by atoms with van der Waals surface area (Å²) < 4.78 is 54.8. The second-order valence-corrected chi connectivity index (χ2v) is 7.94. The Labute approximate surface area is 172 Å². The summed E-state index contributed by atoms with van der Waals surface area (Å²) in [5, 5.41) is 3.84. The number of hydrogen-bond donors (Lipinski definition) is 2. The van der Waals surface area contributed by atoms with Crippen LogP contribution in [-0.2, 0) is 0 Å². The molecule has 1 aromatic heterocycles. The Morgan fingerprint density at radius 2 is 2.10 bits per heavy atom. The minimum absolute atomic E-state index is 0.183. The summed E-state index contributed by atoms with van der Waals surface area (Å²) in [4.78, 5) is 4.80. The number of piperidine rings is 1. The monoisotopic (exact) mass is 423 g/mol. The lowest BCUT2D eigenvalue weighted by atomic mass is 9.99. The number of alkyl halides is 4. The highest BCUT2D eigenvalue weighted by atomic mass is 32.1. The largest absolute Gasteiger partial charge is 0.417 e. The number of anilines is 1. The molecule has 1 aromatic carbocycles. The number of halogens is 4. The lowest BCUT2D eigenvalue weighted by Crippen LogP contribution is -2.53. The van der Waals surface area contributed by atoms with Gasteiger partial charge in [0.2, 0.25) is 0 Å². The predicted octanol–water partition coefficient (Wildman–Crippen LogP) is 4.89. The van der Waals surface area contributed by atoms with Crippen LogP contribution in [0, 0.1) is 11.8 Å². The van der Waals surface area contributed by atoms with E-state index in [1.54, 1.807) is 25.1 Å². The number of nitrogens with one attached hydrogen (secondary N) is 1. The van der Waals surface area contributed by atoms with Crippen LogP contribution >= 0.6 is 12.6 Å². The minimum atomic E-state index is -4.63. The summed E-state index contributed by atoms with van der Waals surface area (Å²) in [6.45, 7) is 5.62. The zero-order chi connectivity index (χ0) is 21.4. The van der Waals surface area contributed by atoms with E-state index in [4.69, 9.17) is 0 Å². The van der Waals surface area contributed by atoms with Crippen molar-refractivity contribution in [1.29, 1.82) is 0 Å². The van der Waals surface area contributed by atoms with Gasteiger partial charge >= 0.3 is 6.18 Å². The van der Waals surface area contributed by atoms with Crippen molar-refractivity contribution < 1.29 is 17.6 Å². The number of aromatic nitrogens is 1. The molecule has 2 aromatic rings. The van der Waals surface area contributed by atoms with Gasteiger partial charge in [-0.1, -0.05) is 24.6 Å². The minimum Gasteiger partial charge on any atom is -0.368 e. The first-order valence-corrected chi connectivity index (χ1v) is 9.46. The molecule has 0 aliphatic carbocycles. The SMILES string of the molecule is C=C(c1nc(C#CC)cc2c(N[C@@]3(S)CCN(C)C[C@@H]3F)cccc12)C(F)(F)F. The second-order valence-electron chi connectivity index (χ2n) is 7.14. The molecule has 3 rings (SSSR count). The molecule has 3 nitrogen and oxygen atoms in total. The molecule has 0 amide bonds. The number of thiol groups is 1. The van der Waals surface area contributed by atoms with Crippen LogP contribution in [0.15, 0.2) is 30.8 Å². The maximum absolute atomic E-state index is 14.8. The fourth-order valence-corrected chi connectivity index (χ4v) is 3.65. The molecule has 1 aliphatic heterocycles. The van der Waals surface area contributed by atoms with Gasteiger partial charge in [0.1, 0.15) is 16.7 Å². The van der Waals surface area contributed by atoms with Crippen LogP contribution in [0.1, 0.15) is 24.7 Å². The maximum Gasteiger partial charge on any atom is 0.417 e. The first kappa shape index (κ1) is 21.5. The molecule has 1 saturated heterocycles. The summed E-state index contributed by atoms with van der Waals surface area (Å²) in [7, 11) is 1.83. The number of benzene rings is 1. The molecule has 1 aliphatic rings. The van der Waals surface area contributed by atoms with Crippen molar-refractivity contribution in [2.45, 2.75) is 30.6 Å². The Kier molecular flexibility index (Phi) is 5.84. The molecule has 29 heavy (non-hydrogen) atoms. The summed E-state index contributed by atoms with van der Waals surface area (Å²) in [5.41, 5.74) is -0.682. The number of pyridine rings is 1. The van der Waals surface area contributed by atoms with Gasteiger partial charge in [-0.25, -0.2) is 9.37 Å². The topological polar surface area (TPSA) is 28.2 Å². The Bertz CT molecular complexity index is 1010. The molecule has 0 unspecified atom stereocenters. The van der Waals surface area contributed by atoms with Crippen LogP contribution in [0.5, 0.6) is 0 Å². The van der Waals surface area contributed by atoms with Crippen molar-refractivity contribution in [2.75, 3.05) is 25.5 Å². The number of likely N-dealkylation sites (tertiary alicyclic amines) is 1. The van der Waals surface area contributed by atoms with Gasteiger partial charge in [0, 0.05) is 29.5 Å². The second kappa shape index (κ2) is 7.88. The third-order valence-corrected chi connectivity index (χ3v) is 5.59. The third kappa shape index (κ3) is 4.36. The fourth-order valence-electron chi connectivity index (χ4n) is 3.35. The zero-order valence-corrected chi connectivity index (χ0v) is 17.0. The van der Waals surface area contributed by atoms with E-state index < -0.39 is 22.8 Å². The molecule has 8 heteroatoms. The first-order valence-electron chi connectivity index (χ1n) is 9.01. The van der Waals surface area contributed by atoms with Crippen molar-refractivity contribution in [3.8, 4) is 11.8 Å². The lowest BCUT2D eigenvalue weighted by Gasteiger charge is -2.41. The van der Waals surface area contributed by atoms with Gasteiger partial charge < -0.3 is 10.2 Å². The van der Waals surface area contributed by atoms with Crippen molar-refractivity contribution in [1.82, 2.24) is 9.88 Å².